The van der Waals surface area contributed by atoms with Crippen LogP contribution in [0.5, 0.6) is 0 Å². The molecule has 0 spiro atoms. The van der Waals surface area contributed by atoms with Crippen LogP contribution in [-0.2, 0) is 5.67 Å². The molecule has 0 bridgehead atoms. The second kappa shape index (κ2) is 3.85. The van der Waals surface area contributed by atoms with Gasteiger partial charge in [-0.15, -0.1) is 0 Å². The quantitative estimate of drug-likeness (QED) is 0.821. The summed E-state index contributed by atoms with van der Waals surface area (Å²) in [6.07, 6.45) is 2.37. The Morgan fingerprint density at radius 2 is 1.93 bits per heavy atom. The molecule has 0 aliphatic rings. The van der Waals surface area contributed by atoms with Crippen molar-refractivity contribution in [1.29, 1.82) is 0 Å². The van der Waals surface area contributed by atoms with E-state index in [1.807, 2.05) is 0 Å². The molecule has 15 heavy (non-hydrogen) atoms. The van der Waals surface area contributed by atoms with Gasteiger partial charge in [0.25, 0.3) is 0 Å². The maximum atomic E-state index is 14.6. The molecule has 2 N–H and O–H groups in total. The molecular weight excluding hydrogens is 198 g/mol. The molecule has 1 rings (SSSR count). The lowest BCUT2D eigenvalue weighted by molar-refractivity contribution is 0.0337. The van der Waals surface area contributed by atoms with Crippen LogP contribution in [0.2, 0.25) is 0 Å². The Labute approximate surface area is 88.5 Å². The van der Waals surface area contributed by atoms with E-state index in [0.29, 0.717) is 0 Å². The number of hydrogen-bond donors (Lipinski definition) is 1. The predicted octanol–water partition coefficient (Wildman–Crippen LogP) is 2.39. The van der Waals surface area contributed by atoms with E-state index in [-0.39, 0.29) is 12.1 Å². The molecule has 2 nitrogen and oxygen atoms in total. The Hall–Kier alpha value is -1.03. The average molecular weight is 214 g/mol. The number of hydrogen-bond acceptors (Lipinski definition) is 2. The Morgan fingerprint density at radius 3 is 2.33 bits per heavy atom. The van der Waals surface area contributed by atoms with Gasteiger partial charge in [-0.05, 0) is 6.07 Å². The van der Waals surface area contributed by atoms with Crippen molar-refractivity contribution in [2.75, 3.05) is 6.54 Å². The predicted molar refractivity (Wildman–Crippen MR) is 55.5 cm³/mol. The van der Waals surface area contributed by atoms with Crippen LogP contribution in [0.4, 0.5) is 8.78 Å². The lowest BCUT2D eigenvalue weighted by atomic mass is 9.74. The summed E-state index contributed by atoms with van der Waals surface area (Å²) in [6, 6.07) is 1.14. The molecule has 0 aromatic carbocycles. The molecule has 1 atom stereocenters. The van der Waals surface area contributed by atoms with Gasteiger partial charge >= 0.3 is 0 Å². The number of aromatic nitrogens is 1. The second-order valence-corrected chi connectivity index (χ2v) is 4.65. The average Bonchev–Trinajstić information content (AvgIpc) is 2.14. The molecule has 1 aromatic rings. The minimum absolute atomic E-state index is 0.192. The molecule has 0 amide bonds. The van der Waals surface area contributed by atoms with Crippen molar-refractivity contribution in [3.05, 3.63) is 29.8 Å². The SMILES string of the molecule is CC(C)(C)C(F)(CN)c1cncc(F)c1. The summed E-state index contributed by atoms with van der Waals surface area (Å²) < 4.78 is 27.6. The molecule has 0 saturated carbocycles. The first kappa shape index (κ1) is 12.0. The number of halogens is 2. The smallest absolute Gasteiger partial charge is 0.154 e. The zero-order valence-corrected chi connectivity index (χ0v) is 9.22. The van der Waals surface area contributed by atoms with Crippen LogP contribution in [0.25, 0.3) is 0 Å². The third-order valence-electron chi connectivity index (χ3n) is 2.63. The maximum absolute atomic E-state index is 14.6. The van der Waals surface area contributed by atoms with Gasteiger partial charge in [0.2, 0.25) is 0 Å². The fourth-order valence-corrected chi connectivity index (χ4v) is 1.49. The van der Waals surface area contributed by atoms with Gasteiger partial charge in [-0.3, -0.25) is 4.98 Å². The minimum Gasteiger partial charge on any atom is -0.327 e. The van der Waals surface area contributed by atoms with Crippen molar-refractivity contribution in [3.63, 3.8) is 0 Å². The van der Waals surface area contributed by atoms with Gasteiger partial charge < -0.3 is 5.73 Å². The van der Waals surface area contributed by atoms with Gasteiger partial charge in [0.05, 0.1) is 6.20 Å². The zero-order chi connectivity index (χ0) is 11.7. The normalized spacial score (nSPS) is 16.1. The van der Waals surface area contributed by atoms with E-state index in [9.17, 15) is 8.78 Å². The molecule has 0 fully saturated rings. The van der Waals surface area contributed by atoms with Crippen molar-refractivity contribution in [2.24, 2.45) is 11.1 Å². The van der Waals surface area contributed by atoms with Crippen molar-refractivity contribution < 1.29 is 8.78 Å². The molecule has 1 aromatic heterocycles. The Bertz CT molecular complexity index is 347. The van der Waals surface area contributed by atoms with Gasteiger partial charge in [0.1, 0.15) is 5.82 Å². The second-order valence-electron chi connectivity index (χ2n) is 4.65. The maximum Gasteiger partial charge on any atom is 0.154 e. The summed E-state index contributed by atoms with van der Waals surface area (Å²) in [7, 11) is 0. The van der Waals surface area contributed by atoms with E-state index in [1.54, 1.807) is 20.8 Å². The first-order chi connectivity index (χ1) is 6.81. The number of rotatable bonds is 2. The summed E-state index contributed by atoms with van der Waals surface area (Å²) in [5.41, 5.74) is 3.18. The van der Waals surface area contributed by atoms with Gasteiger partial charge in [0, 0.05) is 23.7 Å². The third-order valence-corrected chi connectivity index (χ3v) is 2.63. The third kappa shape index (κ3) is 2.15. The first-order valence-electron chi connectivity index (χ1n) is 4.81. The summed E-state index contributed by atoms with van der Waals surface area (Å²) in [5, 5.41) is 0. The standard InChI is InChI=1S/C11H16F2N2/c1-10(2,3)11(13,7-14)8-4-9(12)6-15-5-8/h4-6H,7,14H2,1-3H3. The molecule has 0 aliphatic heterocycles. The van der Waals surface area contributed by atoms with E-state index in [4.69, 9.17) is 5.73 Å². The monoisotopic (exact) mass is 214 g/mol. The van der Waals surface area contributed by atoms with Crippen LogP contribution in [0.3, 0.4) is 0 Å². The van der Waals surface area contributed by atoms with Gasteiger partial charge in [-0.1, -0.05) is 20.8 Å². The summed E-state index contributed by atoms with van der Waals surface area (Å²) in [5.74, 6) is -0.549. The highest BCUT2D eigenvalue weighted by Crippen LogP contribution is 2.41. The zero-order valence-electron chi connectivity index (χ0n) is 9.22. The van der Waals surface area contributed by atoms with Crippen LogP contribution in [0.15, 0.2) is 18.5 Å². The molecule has 1 unspecified atom stereocenters. The largest absolute Gasteiger partial charge is 0.327 e. The number of nitrogens with zero attached hydrogens (tertiary/aromatic N) is 1. The fourth-order valence-electron chi connectivity index (χ4n) is 1.49. The van der Waals surface area contributed by atoms with E-state index in [0.717, 1.165) is 12.3 Å². The molecule has 0 radical (unpaired) electrons. The van der Waals surface area contributed by atoms with Crippen LogP contribution < -0.4 is 5.73 Å². The highest BCUT2D eigenvalue weighted by atomic mass is 19.1. The molecule has 1 heterocycles. The van der Waals surface area contributed by atoms with Crippen molar-refractivity contribution >= 4 is 0 Å². The molecule has 0 aliphatic carbocycles. The van der Waals surface area contributed by atoms with Crippen LogP contribution in [0.1, 0.15) is 26.3 Å². The number of pyridine rings is 1. The Balaban J connectivity index is 3.23. The summed E-state index contributed by atoms with van der Waals surface area (Å²) in [6.45, 7) is 4.99. The summed E-state index contributed by atoms with van der Waals surface area (Å²) >= 11 is 0. The number of alkyl halides is 1. The van der Waals surface area contributed by atoms with Gasteiger partial charge in [0.15, 0.2) is 5.67 Å². The van der Waals surface area contributed by atoms with Crippen LogP contribution in [0, 0.1) is 11.2 Å². The number of nitrogens with two attached hydrogens (primary N) is 1. The first-order valence-corrected chi connectivity index (χ1v) is 4.81. The highest BCUT2D eigenvalue weighted by molar-refractivity contribution is 5.22. The van der Waals surface area contributed by atoms with E-state index < -0.39 is 16.9 Å². The summed E-state index contributed by atoms with van der Waals surface area (Å²) in [4.78, 5) is 3.64. The van der Waals surface area contributed by atoms with Gasteiger partial charge in [-0.25, -0.2) is 8.78 Å². The van der Waals surface area contributed by atoms with E-state index >= 15 is 0 Å². The molecule has 0 saturated heterocycles. The Morgan fingerprint density at radius 1 is 1.33 bits per heavy atom. The lowest BCUT2D eigenvalue weighted by Gasteiger charge is -2.37. The van der Waals surface area contributed by atoms with Crippen molar-refractivity contribution in [2.45, 2.75) is 26.4 Å². The molecule has 4 heteroatoms. The molecule has 84 valence electrons. The topological polar surface area (TPSA) is 38.9 Å². The van der Waals surface area contributed by atoms with Crippen LogP contribution in [-0.4, -0.2) is 11.5 Å². The Kier molecular flexibility index (Phi) is 3.09. The van der Waals surface area contributed by atoms with Gasteiger partial charge in [-0.2, -0.15) is 0 Å². The fraction of sp³-hybridized carbons (Fsp3) is 0.545. The van der Waals surface area contributed by atoms with Crippen LogP contribution >= 0.6 is 0 Å². The lowest BCUT2D eigenvalue weighted by Crippen LogP contribution is -2.42. The van der Waals surface area contributed by atoms with E-state index in [2.05, 4.69) is 4.98 Å². The van der Waals surface area contributed by atoms with Crippen molar-refractivity contribution in [1.82, 2.24) is 4.98 Å². The van der Waals surface area contributed by atoms with E-state index in [1.165, 1.54) is 6.20 Å². The highest BCUT2D eigenvalue weighted by Gasteiger charge is 2.43. The minimum atomic E-state index is -1.76. The molecular formula is C11H16F2N2. The van der Waals surface area contributed by atoms with Crippen molar-refractivity contribution in [3.8, 4) is 0 Å².